The number of carbonyl (C=O) groups is 3. The zero-order valence-electron chi connectivity index (χ0n) is 12.3. The van der Waals surface area contributed by atoms with Gasteiger partial charge in [0.25, 0.3) is 11.8 Å². The van der Waals surface area contributed by atoms with Crippen LogP contribution < -0.4 is 10.2 Å². The van der Waals surface area contributed by atoms with Gasteiger partial charge in [0.05, 0.1) is 5.69 Å². The van der Waals surface area contributed by atoms with E-state index < -0.39 is 17.8 Å². The summed E-state index contributed by atoms with van der Waals surface area (Å²) in [7, 11) is 0. The lowest BCUT2D eigenvalue weighted by Gasteiger charge is -2.26. The molecular formula is C16H10ClIN2O4. The molecule has 1 fully saturated rings. The highest BCUT2D eigenvalue weighted by Crippen LogP contribution is 2.26. The summed E-state index contributed by atoms with van der Waals surface area (Å²) in [5.74, 6) is -1.17. The number of furan rings is 1. The van der Waals surface area contributed by atoms with Gasteiger partial charge in [0.15, 0.2) is 3.77 Å². The molecule has 1 N–H and O–H groups in total. The molecule has 1 aliphatic rings. The molecule has 0 unspecified atom stereocenters. The van der Waals surface area contributed by atoms with Crippen LogP contribution in [0.3, 0.4) is 0 Å². The molecule has 1 saturated heterocycles. The Balaban J connectivity index is 2.02. The molecule has 0 atom stereocenters. The van der Waals surface area contributed by atoms with Crippen molar-refractivity contribution in [1.82, 2.24) is 5.32 Å². The lowest BCUT2D eigenvalue weighted by atomic mass is 10.1. The zero-order valence-corrected chi connectivity index (χ0v) is 15.2. The van der Waals surface area contributed by atoms with Crippen molar-refractivity contribution < 1.29 is 18.8 Å². The maximum Gasteiger partial charge on any atom is 0.335 e. The third-order valence-electron chi connectivity index (χ3n) is 3.40. The minimum Gasteiger partial charge on any atom is -0.451 e. The number of halogens is 2. The van der Waals surface area contributed by atoms with Crippen molar-refractivity contribution in [1.29, 1.82) is 0 Å². The van der Waals surface area contributed by atoms with E-state index in [1.54, 1.807) is 31.2 Å². The number of hydrogen-bond donors (Lipinski definition) is 1. The van der Waals surface area contributed by atoms with Crippen LogP contribution >= 0.6 is 34.2 Å². The van der Waals surface area contributed by atoms with Crippen LogP contribution in [0, 0.1) is 10.7 Å². The fourth-order valence-electron chi connectivity index (χ4n) is 2.16. The first-order chi connectivity index (χ1) is 11.4. The van der Waals surface area contributed by atoms with Crippen LogP contribution in [0.15, 0.2) is 40.3 Å². The van der Waals surface area contributed by atoms with Crippen molar-refractivity contribution in [3.63, 3.8) is 0 Å². The first kappa shape index (κ1) is 16.7. The number of aryl methyl sites for hydroxylation is 1. The Bertz CT molecular complexity index is 903. The van der Waals surface area contributed by atoms with Gasteiger partial charge in [0, 0.05) is 5.02 Å². The number of rotatable bonds is 2. The van der Waals surface area contributed by atoms with Gasteiger partial charge < -0.3 is 4.42 Å². The number of benzene rings is 1. The van der Waals surface area contributed by atoms with E-state index in [4.69, 9.17) is 16.0 Å². The zero-order chi connectivity index (χ0) is 17.4. The summed E-state index contributed by atoms with van der Waals surface area (Å²) in [6.07, 6.45) is 1.30. The second-order valence-electron chi connectivity index (χ2n) is 5.03. The lowest BCUT2D eigenvalue weighted by molar-refractivity contribution is -0.122. The van der Waals surface area contributed by atoms with Crippen LogP contribution in [0.1, 0.15) is 11.3 Å². The van der Waals surface area contributed by atoms with Gasteiger partial charge >= 0.3 is 6.03 Å². The molecule has 0 bridgehead atoms. The second kappa shape index (κ2) is 6.40. The molecule has 1 aromatic carbocycles. The maximum atomic E-state index is 12.6. The monoisotopic (exact) mass is 456 g/mol. The third kappa shape index (κ3) is 3.09. The van der Waals surface area contributed by atoms with E-state index in [2.05, 4.69) is 5.32 Å². The van der Waals surface area contributed by atoms with Crippen LogP contribution in [0.4, 0.5) is 10.5 Å². The van der Waals surface area contributed by atoms with Crippen molar-refractivity contribution in [3.05, 3.63) is 56.0 Å². The van der Waals surface area contributed by atoms with Crippen molar-refractivity contribution in [2.45, 2.75) is 6.92 Å². The molecule has 2 heterocycles. The molecule has 6 nitrogen and oxygen atoms in total. The Morgan fingerprint density at radius 1 is 1.21 bits per heavy atom. The maximum absolute atomic E-state index is 12.6. The summed E-state index contributed by atoms with van der Waals surface area (Å²) in [5, 5.41) is 2.55. The molecule has 1 aliphatic heterocycles. The van der Waals surface area contributed by atoms with E-state index >= 15 is 0 Å². The summed E-state index contributed by atoms with van der Waals surface area (Å²) >= 11 is 8.03. The number of amides is 4. The minimum absolute atomic E-state index is 0.197. The first-order valence-electron chi connectivity index (χ1n) is 6.80. The van der Waals surface area contributed by atoms with Crippen LogP contribution in [-0.4, -0.2) is 17.8 Å². The molecule has 0 saturated carbocycles. The van der Waals surface area contributed by atoms with Gasteiger partial charge in [-0.1, -0.05) is 17.7 Å². The van der Waals surface area contributed by atoms with Gasteiger partial charge in [-0.2, -0.15) is 0 Å². The molecule has 1 aromatic heterocycles. The van der Waals surface area contributed by atoms with Crippen LogP contribution in [-0.2, 0) is 9.59 Å². The Hall–Kier alpha value is -2.13. The fourth-order valence-corrected chi connectivity index (χ4v) is 2.77. The number of nitrogens with one attached hydrogen (secondary N) is 1. The number of anilines is 1. The Morgan fingerprint density at radius 3 is 2.58 bits per heavy atom. The van der Waals surface area contributed by atoms with Gasteiger partial charge in [-0.15, -0.1) is 0 Å². The van der Waals surface area contributed by atoms with Gasteiger partial charge in [-0.25, -0.2) is 9.69 Å². The topological polar surface area (TPSA) is 79.6 Å². The van der Waals surface area contributed by atoms with E-state index in [1.807, 2.05) is 22.6 Å². The number of nitrogens with zero attached hydrogens (tertiary/aromatic N) is 1. The SMILES string of the molecule is Cc1ccc(N2C(=O)NC(=O)C(=Cc3ccc(I)o3)C2=O)cc1Cl. The molecular weight excluding hydrogens is 447 g/mol. The van der Waals surface area contributed by atoms with Crippen molar-refractivity contribution in [2.24, 2.45) is 0 Å². The van der Waals surface area contributed by atoms with Gasteiger partial charge in [0.1, 0.15) is 11.3 Å². The highest BCUT2D eigenvalue weighted by atomic mass is 127. The molecule has 4 amide bonds. The van der Waals surface area contributed by atoms with Crippen LogP contribution in [0.5, 0.6) is 0 Å². The molecule has 2 aromatic rings. The molecule has 3 rings (SSSR count). The predicted molar refractivity (Wildman–Crippen MR) is 96.6 cm³/mol. The van der Waals surface area contributed by atoms with Crippen molar-refractivity contribution in [2.75, 3.05) is 4.90 Å². The van der Waals surface area contributed by atoms with Gasteiger partial charge in [0.2, 0.25) is 0 Å². The molecule has 0 spiro atoms. The number of barbiturate groups is 1. The normalized spacial score (nSPS) is 16.7. The molecule has 122 valence electrons. The van der Waals surface area contributed by atoms with E-state index in [1.165, 1.54) is 12.1 Å². The molecule has 24 heavy (non-hydrogen) atoms. The van der Waals surface area contributed by atoms with E-state index in [0.29, 0.717) is 14.5 Å². The quantitative estimate of drug-likeness (QED) is 0.426. The smallest absolute Gasteiger partial charge is 0.335 e. The van der Waals surface area contributed by atoms with E-state index in [9.17, 15) is 14.4 Å². The first-order valence-corrected chi connectivity index (χ1v) is 8.25. The number of imide groups is 2. The minimum atomic E-state index is -0.823. The van der Waals surface area contributed by atoms with E-state index in [-0.39, 0.29) is 11.3 Å². The second-order valence-corrected chi connectivity index (χ2v) is 6.50. The number of urea groups is 1. The standard InChI is InChI=1S/C16H10ClIN2O4/c1-8-2-3-9(6-12(8)17)20-15(22)11(14(21)19-16(20)23)7-10-4-5-13(18)24-10/h2-7H,1H3,(H,19,21,23). The highest BCUT2D eigenvalue weighted by Gasteiger charge is 2.37. The Labute approximate surface area is 155 Å². The van der Waals surface area contributed by atoms with E-state index in [0.717, 1.165) is 10.5 Å². The summed E-state index contributed by atoms with van der Waals surface area (Å²) in [5.41, 5.74) is 0.889. The van der Waals surface area contributed by atoms with Crippen LogP contribution in [0.25, 0.3) is 6.08 Å². The summed E-state index contributed by atoms with van der Waals surface area (Å²) in [6, 6.07) is 7.27. The van der Waals surface area contributed by atoms with Gasteiger partial charge in [-0.05, 0) is 65.4 Å². The lowest BCUT2D eigenvalue weighted by Crippen LogP contribution is -2.54. The molecule has 0 aliphatic carbocycles. The fraction of sp³-hybridized carbons (Fsp3) is 0.0625. The molecule has 0 radical (unpaired) electrons. The summed E-state index contributed by atoms with van der Waals surface area (Å²) in [4.78, 5) is 37.6. The van der Waals surface area contributed by atoms with Crippen molar-refractivity contribution in [3.8, 4) is 0 Å². The van der Waals surface area contributed by atoms with Crippen LogP contribution in [0.2, 0.25) is 5.02 Å². The number of carbonyl (C=O) groups excluding carboxylic acids is 3. The molecule has 8 heteroatoms. The summed E-state index contributed by atoms with van der Waals surface area (Å²) in [6.45, 7) is 1.80. The van der Waals surface area contributed by atoms with Crippen molar-refractivity contribution >= 4 is 63.8 Å². The average molecular weight is 457 g/mol. The third-order valence-corrected chi connectivity index (χ3v) is 4.38. The Morgan fingerprint density at radius 2 is 1.96 bits per heavy atom. The van der Waals surface area contributed by atoms with Gasteiger partial charge in [-0.3, -0.25) is 14.9 Å². The number of hydrogen-bond acceptors (Lipinski definition) is 4. The average Bonchev–Trinajstić information content (AvgIpc) is 2.92. The highest BCUT2D eigenvalue weighted by molar-refractivity contribution is 14.1. The Kier molecular flexibility index (Phi) is 4.46. The predicted octanol–water partition coefficient (Wildman–Crippen LogP) is 3.51. The summed E-state index contributed by atoms with van der Waals surface area (Å²) < 4.78 is 5.95. The largest absolute Gasteiger partial charge is 0.451 e.